The van der Waals surface area contributed by atoms with E-state index in [1.165, 1.54) is 0 Å². The lowest BCUT2D eigenvalue weighted by molar-refractivity contribution is 1.80. The smallest absolute Gasteiger partial charge is 0.185 e. The van der Waals surface area contributed by atoms with Crippen LogP contribution in [0.4, 0.5) is 0 Å². The number of halogens is 14. The zero-order chi connectivity index (χ0) is 22.4. The van der Waals surface area contributed by atoms with Gasteiger partial charge in [0, 0.05) is 0 Å². The largest absolute Gasteiger partial charge is 0.257 e. The summed E-state index contributed by atoms with van der Waals surface area (Å²) in [5.41, 5.74) is 0. The Kier molecular flexibility index (Phi) is 12.4. The van der Waals surface area contributed by atoms with Gasteiger partial charge in [-0.05, 0) is 157 Å². The van der Waals surface area contributed by atoms with Gasteiger partial charge in [-0.3, -0.25) is 0 Å². The molecule has 0 saturated heterocycles. The van der Waals surface area contributed by atoms with Crippen LogP contribution in [0.25, 0.3) is 0 Å². The first-order valence-electron chi connectivity index (χ1n) is 5.17. The molecular weight excluding hydrogens is 811 g/mol. The normalized spacial score (nSPS) is 29.5. The quantitative estimate of drug-likeness (QED) is 0.218. The fraction of sp³-hybridized carbons (Fsp3) is 0. The topological polar surface area (TPSA) is 86.5 Å². The van der Waals surface area contributed by atoms with Crippen LogP contribution in [0.1, 0.15) is 0 Å². The number of hydrogen-bond donors (Lipinski definition) is 0. The summed E-state index contributed by atoms with van der Waals surface area (Å²) in [6, 6.07) is 0. The van der Waals surface area contributed by atoms with Crippen LogP contribution >= 0.6 is 199 Å². The van der Waals surface area contributed by atoms with Crippen LogP contribution in [0.15, 0.2) is 31.6 Å². The Hall–Kier alpha value is 5.67. The Balaban J connectivity index is 4.24. The van der Waals surface area contributed by atoms with E-state index in [0.29, 0.717) is 0 Å². The summed E-state index contributed by atoms with van der Waals surface area (Å²) in [6.07, 6.45) is 0. The number of nitrogens with zero attached hydrogens (tertiary/aromatic N) is 7. The zero-order valence-corrected chi connectivity index (χ0v) is 28.4. The second-order valence-corrected chi connectivity index (χ2v) is 38.6. The Bertz CT molecular complexity index is 744. The molecule has 1 heterocycles. The van der Waals surface area contributed by atoms with E-state index < -0.39 is 41.4 Å². The summed E-state index contributed by atoms with van der Waals surface area (Å²) in [5, 5.41) is 0. The molecule has 0 aliphatic carbocycles. The van der Waals surface area contributed by atoms with E-state index in [1.54, 1.807) is 0 Å². The summed E-state index contributed by atoms with van der Waals surface area (Å²) < 4.78 is 26.2. The first-order valence-corrected chi connectivity index (χ1v) is 29.7. The minimum absolute atomic E-state index is 3.74. The monoisotopic (exact) mass is 804 g/mol. The maximum absolute atomic E-state index is 6.03. The van der Waals surface area contributed by atoms with E-state index in [0.717, 1.165) is 0 Å². The molecular formula is Cl14N7P7. The van der Waals surface area contributed by atoms with Crippen LogP contribution in [-0.2, 0) is 0 Å². The fourth-order valence-electron chi connectivity index (χ4n) is 1.03. The van der Waals surface area contributed by atoms with E-state index in [4.69, 9.17) is 157 Å². The molecule has 0 amide bonds. The SMILES string of the molecule is ClP1(Cl)=NP(Cl)(Cl)=NP(Cl)(Cl)=NP(Cl)(Cl)=NP(Cl)(Cl)=NP(Cl)(Cl)=NP(Cl)(Cl)=N1. The molecule has 0 N–H and O–H groups in total. The lowest BCUT2D eigenvalue weighted by atomic mass is 13.8. The molecule has 0 saturated carbocycles. The van der Waals surface area contributed by atoms with Crippen molar-refractivity contribution in [1.82, 2.24) is 0 Å². The highest BCUT2D eigenvalue weighted by Crippen LogP contribution is 2.89. The lowest BCUT2D eigenvalue weighted by Gasteiger charge is -2.16. The predicted molar refractivity (Wildman–Crippen MR) is 147 cm³/mol. The summed E-state index contributed by atoms with van der Waals surface area (Å²) >= 11 is 84.5. The molecule has 1 aliphatic rings. The molecule has 0 aromatic heterocycles. The summed E-state index contributed by atoms with van der Waals surface area (Å²) in [6.45, 7) is 0. The Morgan fingerprint density at radius 1 is 0.214 bits per heavy atom. The van der Waals surface area contributed by atoms with Crippen molar-refractivity contribution in [1.29, 1.82) is 0 Å². The fourth-order valence-corrected chi connectivity index (χ4v) is 44.9. The zero-order valence-electron chi connectivity index (χ0n) is 11.6. The highest BCUT2D eigenvalue weighted by Gasteiger charge is 2.31. The minimum atomic E-state index is -3.78. The third-order valence-corrected chi connectivity index (χ3v) is 30.6. The van der Waals surface area contributed by atoms with Crippen molar-refractivity contribution < 1.29 is 0 Å². The summed E-state index contributed by atoms with van der Waals surface area (Å²) in [5.74, 6) is -26.4. The van der Waals surface area contributed by atoms with Gasteiger partial charge in [0.05, 0.1) is 0 Å². The molecule has 0 fully saturated rings. The van der Waals surface area contributed by atoms with Crippen LogP contribution in [0.2, 0.25) is 0 Å². The van der Waals surface area contributed by atoms with Gasteiger partial charge in [0.25, 0.3) is 41.4 Å². The van der Waals surface area contributed by atoms with Gasteiger partial charge >= 0.3 is 0 Å². The van der Waals surface area contributed by atoms with Crippen molar-refractivity contribution in [2.45, 2.75) is 0 Å². The second kappa shape index (κ2) is 11.0. The molecule has 0 aromatic carbocycles. The standard InChI is InChI=1S/Cl14N7P7/c1-22(2)15-23(3,4)17-25(7,8)19-27(11,12)21-28(13,14)20-26(9,10)18-24(5,6)16-22. The molecule has 0 unspecified atom stereocenters. The van der Waals surface area contributed by atoms with Gasteiger partial charge in [0.2, 0.25) is 0 Å². The average molecular weight is 811 g/mol. The van der Waals surface area contributed by atoms with Gasteiger partial charge in [-0.1, -0.05) is 0 Å². The molecule has 28 heteroatoms. The third-order valence-electron chi connectivity index (χ3n) is 1.51. The van der Waals surface area contributed by atoms with E-state index in [9.17, 15) is 0 Å². The molecule has 168 valence electrons. The third kappa shape index (κ3) is 13.1. The Morgan fingerprint density at radius 2 is 0.286 bits per heavy atom. The average Bonchev–Trinajstić information content (AvgIpc) is 2.10. The van der Waals surface area contributed by atoms with E-state index >= 15 is 0 Å². The van der Waals surface area contributed by atoms with Crippen LogP contribution < -0.4 is 0 Å². The van der Waals surface area contributed by atoms with Gasteiger partial charge in [0.1, 0.15) is 0 Å². The maximum atomic E-state index is 6.03. The van der Waals surface area contributed by atoms with Gasteiger partial charge in [-0.25, -0.2) is 0 Å². The first-order chi connectivity index (χ1) is 11.9. The first kappa shape index (κ1) is 31.7. The molecule has 0 radical (unpaired) electrons. The van der Waals surface area contributed by atoms with Gasteiger partial charge < -0.3 is 0 Å². The van der Waals surface area contributed by atoms with Gasteiger partial charge in [-0.2, -0.15) is 31.6 Å². The molecule has 7 nitrogen and oxygen atoms in total. The van der Waals surface area contributed by atoms with Crippen LogP contribution in [0, 0.1) is 0 Å². The van der Waals surface area contributed by atoms with Crippen LogP contribution in [0.5, 0.6) is 0 Å². The molecule has 0 spiro atoms. The van der Waals surface area contributed by atoms with Gasteiger partial charge in [0.15, 0.2) is 0 Å². The van der Waals surface area contributed by atoms with Gasteiger partial charge in [-0.15, -0.1) is 0 Å². The summed E-state index contributed by atoms with van der Waals surface area (Å²) in [4.78, 5) is 0. The molecule has 1 aliphatic heterocycles. The predicted octanol–water partition coefficient (Wildman–Crippen LogP) is 17.0. The summed E-state index contributed by atoms with van der Waals surface area (Å²) in [7, 11) is 0. The molecule has 0 atom stereocenters. The Labute approximate surface area is 227 Å². The van der Waals surface area contributed by atoms with Crippen molar-refractivity contribution in [3.8, 4) is 0 Å². The Morgan fingerprint density at radius 3 is 0.357 bits per heavy atom. The van der Waals surface area contributed by atoms with Crippen molar-refractivity contribution in [2.24, 2.45) is 31.6 Å². The number of rotatable bonds is 0. The van der Waals surface area contributed by atoms with Crippen LogP contribution in [-0.4, -0.2) is 0 Å². The van der Waals surface area contributed by atoms with E-state index in [-0.39, 0.29) is 0 Å². The van der Waals surface area contributed by atoms with Crippen molar-refractivity contribution in [3.63, 3.8) is 0 Å². The molecule has 1 rings (SSSR count). The highest BCUT2D eigenvalue weighted by atomic mass is 35.9. The molecule has 28 heavy (non-hydrogen) atoms. The van der Waals surface area contributed by atoms with Crippen molar-refractivity contribution in [3.05, 3.63) is 0 Å². The van der Waals surface area contributed by atoms with E-state index in [1.807, 2.05) is 0 Å². The number of hydrogen-bond acceptors (Lipinski definition) is 7. The lowest BCUT2D eigenvalue weighted by Crippen LogP contribution is -1.62. The van der Waals surface area contributed by atoms with E-state index in [2.05, 4.69) is 31.6 Å². The molecule has 0 bridgehead atoms. The van der Waals surface area contributed by atoms with Crippen molar-refractivity contribution >= 4 is 199 Å². The minimum Gasteiger partial charge on any atom is -0.185 e. The molecule has 0 aromatic rings. The maximum Gasteiger partial charge on any atom is 0.257 e. The second-order valence-electron chi connectivity index (χ2n) is 3.82. The highest BCUT2D eigenvalue weighted by molar-refractivity contribution is 8.27. The van der Waals surface area contributed by atoms with Crippen molar-refractivity contribution in [2.75, 3.05) is 0 Å². The van der Waals surface area contributed by atoms with Crippen LogP contribution in [0.3, 0.4) is 0 Å².